The Morgan fingerprint density at radius 1 is 0.821 bits per heavy atom. The minimum atomic E-state index is -0.618. The van der Waals surface area contributed by atoms with E-state index in [0.29, 0.717) is 50.6 Å². The molecular formula is C33H42N2O4. The average molecular weight is 531 g/mol. The Kier molecular flexibility index (Phi) is 11.9. The summed E-state index contributed by atoms with van der Waals surface area (Å²) in [6.07, 6.45) is 2.09. The number of hydrogen-bond acceptors (Lipinski definition) is 4. The van der Waals surface area contributed by atoms with Gasteiger partial charge in [0.05, 0.1) is 13.2 Å². The number of nitrogens with one attached hydrogen (secondary N) is 1. The molecule has 1 atom stereocenters. The molecule has 39 heavy (non-hydrogen) atoms. The highest BCUT2D eigenvalue weighted by atomic mass is 16.5. The summed E-state index contributed by atoms with van der Waals surface area (Å²) in [4.78, 5) is 29.1. The summed E-state index contributed by atoms with van der Waals surface area (Å²) in [5, 5.41) is 3.03. The molecule has 0 aliphatic rings. The van der Waals surface area contributed by atoms with Crippen molar-refractivity contribution in [2.45, 2.75) is 66.0 Å². The quantitative estimate of drug-likeness (QED) is 0.266. The van der Waals surface area contributed by atoms with Crippen LogP contribution < -0.4 is 14.8 Å². The molecule has 0 heterocycles. The Morgan fingerprint density at radius 3 is 2.15 bits per heavy atom. The largest absolute Gasteiger partial charge is 0.490 e. The number of rotatable bonds is 15. The Morgan fingerprint density at radius 2 is 1.49 bits per heavy atom. The maximum atomic E-state index is 13.9. The summed E-state index contributed by atoms with van der Waals surface area (Å²) >= 11 is 0. The summed E-state index contributed by atoms with van der Waals surface area (Å²) < 4.78 is 11.5. The minimum Gasteiger partial charge on any atom is -0.490 e. The lowest BCUT2D eigenvalue weighted by Crippen LogP contribution is -2.50. The number of ether oxygens (including phenoxy) is 2. The molecule has 0 saturated carbocycles. The predicted octanol–water partition coefficient (Wildman–Crippen LogP) is 5.89. The SMILES string of the molecule is CCCNC(=O)C(Cc1ccccc1)N(Cc1ccc(C)cc1)C(=O)CCc1ccc(OCC)c(OCC)c1. The topological polar surface area (TPSA) is 67.9 Å². The second-order valence-corrected chi connectivity index (χ2v) is 9.65. The number of carbonyl (C=O) groups is 2. The van der Waals surface area contributed by atoms with Crippen molar-refractivity contribution in [2.75, 3.05) is 19.8 Å². The Bertz CT molecular complexity index is 1180. The van der Waals surface area contributed by atoms with Gasteiger partial charge in [0.15, 0.2) is 11.5 Å². The van der Waals surface area contributed by atoms with Gasteiger partial charge < -0.3 is 19.7 Å². The molecule has 1 N–H and O–H groups in total. The lowest BCUT2D eigenvalue weighted by molar-refractivity contribution is -0.141. The summed E-state index contributed by atoms with van der Waals surface area (Å²) in [5.41, 5.74) is 4.15. The van der Waals surface area contributed by atoms with Crippen molar-refractivity contribution < 1.29 is 19.1 Å². The third-order valence-corrected chi connectivity index (χ3v) is 6.53. The number of amides is 2. The van der Waals surface area contributed by atoms with E-state index < -0.39 is 6.04 Å². The lowest BCUT2D eigenvalue weighted by atomic mass is 10.0. The Hall–Kier alpha value is -3.80. The number of aryl methyl sites for hydroxylation is 2. The number of carbonyl (C=O) groups excluding carboxylic acids is 2. The molecule has 3 aromatic carbocycles. The molecule has 1 unspecified atom stereocenters. The van der Waals surface area contributed by atoms with Crippen molar-refractivity contribution in [3.63, 3.8) is 0 Å². The molecule has 208 valence electrons. The fraction of sp³-hybridized carbons (Fsp3) is 0.394. The van der Waals surface area contributed by atoms with E-state index in [0.717, 1.165) is 28.7 Å². The summed E-state index contributed by atoms with van der Waals surface area (Å²) in [6, 6.07) is 23.2. The van der Waals surface area contributed by atoms with Gasteiger partial charge in [0, 0.05) is 25.9 Å². The third kappa shape index (κ3) is 9.17. The van der Waals surface area contributed by atoms with E-state index in [1.165, 1.54) is 0 Å². The normalized spacial score (nSPS) is 11.5. The first-order valence-corrected chi connectivity index (χ1v) is 14.0. The van der Waals surface area contributed by atoms with Crippen LogP contribution in [0.1, 0.15) is 55.9 Å². The molecule has 0 spiro atoms. The first kappa shape index (κ1) is 29.8. The zero-order valence-corrected chi connectivity index (χ0v) is 23.7. The van der Waals surface area contributed by atoms with Gasteiger partial charge in [0.1, 0.15) is 6.04 Å². The van der Waals surface area contributed by atoms with Crippen molar-refractivity contribution in [1.82, 2.24) is 10.2 Å². The van der Waals surface area contributed by atoms with Crippen LogP contribution >= 0.6 is 0 Å². The van der Waals surface area contributed by atoms with Crippen LogP contribution in [-0.4, -0.2) is 42.5 Å². The number of nitrogens with zero attached hydrogens (tertiary/aromatic N) is 1. The van der Waals surface area contributed by atoms with E-state index in [1.54, 1.807) is 4.90 Å². The number of benzene rings is 3. The van der Waals surface area contributed by atoms with E-state index in [4.69, 9.17) is 9.47 Å². The standard InChI is InChI=1S/C33H42N2O4/c1-5-21-34-33(37)29(22-26-11-9-8-10-12-26)35(24-28-15-13-25(4)14-16-28)32(36)20-18-27-17-19-30(38-6-2)31(23-27)39-7-3/h8-17,19,23,29H,5-7,18,20-22,24H2,1-4H3,(H,34,37). The highest BCUT2D eigenvalue weighted by molar-refractivity contribution is 5.88. The first-order chi connectivity index (χ1) is 18.9. The van der Waals surface area contributed by atoms with Gasteiger partial charge >= 0.3 is 0 Å². The average Bonchev–Trinajstić information content (AvgIpc) is 2.95. The second-order valence-electron chi connectivity index (χ2n) is 9.65. The van der Waals surface area contributed by atoms with Crippen LogP contribution in [0.3, 0.4) is 0 Å². The van der Waals surface area contributed by atoms with Gasteiger partial charge in [-0.1, -0.05) is 73.2 Å². The molecule has 0 aromatic heterocycles. The van der Waals surface area contributed by atoms with Gasteiger partial charge in [-0.3, -0.25) is 9.59 Å². The number of hydrogen-bond donors (Lipinski definition) is 1. The summed E-state index contributed by atoms with van der Waals surface area (Å²) in [5.74, 6) is 1.20. The molecule has 6 heteroatoms. The monoisotopic (exact) mass is 530 g/mol. The van der Waals surface area contributed by atoms with Crippen molar-refractivity contribution in [2.24, 2.45) is 0 Å². The van der Waals surface area contributed by atoms with Crippen molar-refractivity contribution in [3.8, 4) is 11.5 Å². The molecule has 0 aliphatic heterocycles. The molecular weight excluding hydrogens is 488 g/mol. The first-order valence-electron chi connectivity index (χ1n) is 14.0. The van der Waals surface area contributed by atoms with Gasteiger partial charge in [-0.05, 0) is 62.4 Å². The summed E-state index contributed by atoms with van der Waals surface area (Å²) in [6.45, 7) is 9.95. The fourth-order valence-electron chi connectivity index (χ4n) is 4.46. The van der Waals surface area contributed by atoms with Crippen LogP contribution in [0.25, 0.3) is 0 Å². The molecule has 0 aliphatic carbocycles. The molecule has 3 aromatic rings. The van der Waals surface area contributed by atoms with Crippen LogP contribution in [0.15, 0.2) is 72.8 Å². The van der Waals surface area contributed by atoms with E-state index in [2.05, 4.69) is 5.32 Å². The zero-order valence-electron chi connectivity index (χ0n) is 23.7. The Labute approximate surface area is 233 Å². The van der Waals surface area contributed by atoms with Crippen LogP contribution in [0.2, 0.25) is 0 Å². The highest BCUT2D eigenvalue weighted by Gasteiger charge is 2.30. The van der Waals surface area contributed by atoms with Crippen molar-refractivity contribution in [1.29, 1.82) is 0 Å². The fourth-order valence-corrected chi connectivity index (χ4v) is 4.46. The van der Waals surface area contributed by atoms with E-state index in [9.17, 15) is 9.59 Å². The maximum Gasteiger partial charge on any atom is 0.243 e. The molecule has 6 nitrogen and oxygen atoms in total. The second kappa shape index (κ2) is 15.6. The minimum absolute atomic E-state index is 0.0602. The van der Waals surface area contributed by atoms with Gasteiger partial charge in [0.2, 0.25) is 11.8 Å². The molecule has 2 amide bonds. The van der Waals surface area contributed by atoms with E-state index in [1.807, 2.05) is 100 Å². The van der Waals surface area contributed by atoms with Gasteiger partial charge in [-0.2, -0.15) is 0 Å². The molecule has 0 bridgehead atoms. The maximum absolute atomic E-state index is 13.9. The van der Waals surface area contributed by atoms with Crippen LogP contribution in [0.4, 0.5) is 0 Å². The smallest absolute Gasteiger partial charge is 0.243 e. The molecule has 0 fully saturated rings. The van der Waals surface area contributed by atoms with E-state index >= 15 is 0 Å². The van der Waals surface area contributed by atoms with Gasteiger partial charge in [-0.25, -0.2) is 0 Å². The van der Waals surface area contributed by atoms with Crippen molar-refractivity contribution in [3.05, 3.63) is 95.1 Å². The molecule has 0 saturated heterocycles. The van der Waals surface area contributed by atoms with Gasteiger partial charge in [-0.15, -0.1) is 0 Å². The molecule has 0 radical (unpaired) electrons. The van der Waals surface area contributed by atoms with Crippen LogP contribution in [0, 0.1) is 6.92 Å². The van der Waals surface area contributed by atoms with Gasteiger partial charge in [0.25, 0.3) is 0 Å². The summed E-state index contributed by atoms with van der Waals surface area (Å²) in [7, 11) is 0. The lowest BCUT2D eigenvalue weighted by Gasteiger charge is -2.31. The zero-order chi connectivity index (χ0) is 28.0. The van der Waals surface area contributed by atoms with E-state index in [-0.39, 0.29) is 18.2 Å². The van der Waals surface area contributed by atoms with Crippen molar-refractivity contribution >= 4 is 11.8 Å². The van der Waals surface area contributed by atoms with Crippen LogP contribution in [0.5, 0.6) is 11.5 Å². The molecule has 3 rings (SSSR count). The Balaban J connectivity index is 1.87. The highest BCUT2D eigenvalue weighted by Crippen LogP contribution is 2.29. The predicted molar refractivity (Wildman–Crippen MR) is 156 cm³/mol. The van der Waals surface area contributed by atoms with Crippen LogP contribution in [-0.2, 0) is 29.0 Å². The third-order valence-electron chi connectivity index (χ3n) is 6.53.